The van der Waals surface area contributed by atoms with Gasteiger partial charge >= 0.3 is 5.97 Å². The number of hydrogen-bond acceptors (Lipinski definition) is 3. The molecule has 2 aromatic heterocycles. The van der Waals surface area contributed by atoms with Gasteiger partial charge in [0.2, 0.25) is 0 Å². The van der Waals surface area contributed by atoms with E-state index in [-0.39, 0.29) is 17.7 Å². The van der Waals surface area contributed by atoms with Gasteiger partial charge in [0.1, 0.15) is 23.0 Å². The van der Waals surface area contributed by atoms with Gasteiger partial charge in [-0.1, -0.05) is 18.2 Å². The van der Waals surface area contributed by atoms with Crippen LogP contribution in [-0.2, 0) is 6.54 Å². The maximum atomic E-state index is 14.3. The largest absolute Gasteiger partial charge is 0.478 e. The predicted molar refractivity (Wildman–Crippen MR) is 105 cm³/mol. The molecule has 5 rings (SSSR count). The topological polar surface area (TPSA) is 68.0 Å². The lowest BCUT2D eigenvalue weighted by Crippen LogP contribution is -2.06. The number of fused-ring (bicyclic) bond motifs is 4. The van der Waals surface area contributed by atoms with Crippen molar-refractivity contribution >= 4 is 39.1 Å². The van der Waals surface area contributed by atoms with Crippen molar-refractivity contribution in [2.45, 2.75) is 6.54 Å². The molecule has 5 nitrogen and oxygen atoms in total. The summed E-state index contributed by atoms with van der Waals surface area (Å²) in [6.07, 6.45) is 0. The number of rotatable bonds is 3. The molecule has 0 fully saturated rings. The lowest BCUT2D eigenvalue weighted by molar-refractivity contribution is 0.0697. The van der Waals surface area contributed by atoms with Crippen LogP contribution in [0.3, 0.4) is 0 Å². The first-order valence-electron chi connectivity index (χ1n) is 8.98. The summed E-state index contributed by atoms with van der Waals surface area (Å²) < 4.78 is 43.5. The molecule has 2 heterocycles. The number of nitrogens with zero attached hydrogens (tertiary/aromatic N) is 3. The Balaban J connectivity index is 1.82. The van der Waals surface area contributed by atoms with Crippen LogP contribution in [0, 0.1) is 17.5 Å². The Hall–Kier alpha value is -3.94. The van der Waals surface area contributed by atoms with Crippen LogP contribution in [0.5, 0.6) is 0 Å². The summed E-state index contributed by atoms with van der Waals surface area (Å²) in [5.74, 6) is -4.10. The number of carboxylic acids is 1. The quantitative estimate of drug-likeness (QED) is 0.462. The molecule has 1 N–H and O–H groups in total. The molecule has 0 atom stereocenters. The number of halogens is 3. The summed E-state index contributed by atoms with van der Waals surface area (Å²) in [5.41, 5.74) is 2.08. The number of hydrogen-bond donors (Lipinski definition) is 1. The zero-order chi connectivity index (χ0) is 21.0. The number of benzene rings is 3. The smallest absolute Gasteiger partial charge is 0.335 e. The fraction of sp³-hybridized carbons (Fsp3) is 0.0455. The van der Waals surface area contributed by atoms with Crippen molar-refractivity contribution in [3.8, 4) is 0 Å². The maximum Gasteiger partial charge on any atom is 0.335 e. The van der Waals surface area contributed by atoms with Gasteiger partial charge in [0, 0.05) is 23.1 Å². The number of carbonyl (C=O) groups is 1. The monoisotopic (exact) mass is 407 g/mol. The van der Waals surface area contributed by atoms with E-state index >= 15 is 0 Å². The molecule has 0 aliphatic heterocycles. The van der Waals surface area contributed by atoms with E-state index in [1.165, 1.54) is 12.1 Å². The van der Waals surface area contributed by atoms with Crippen molar-refractivity contribution < 1.29 is 23.1 Å². The van der Waals surface area contributed by atoms with E-state index in [0.29, 0.717) is 39.8 Å². The molecule has 0 aliphatic rings. The average molecular weight is 407 g/mol. The van der Waals surface area contributed by atoms with Crippen LogP contribution in [0.1, 0.15) is 15.9 Å². The van der Waals surface area contributed by atoms with Crippen LogP contribution in [0.2, 0.25) is 0 Å². The van der Waals surface area contributed by atoms with Gasteiger partial charge in [0.15, 0.2) is 5.65 Å². The van der Waals surface area contributed by atoms with Gasteiger partial charge in [-0.2, -0.15) is 0 Å². The van der Waals surface area contributed by atoms with E-state index in [9.17, 15) is 23.1 Å². The van der Waals surface area contributed by atoms with Crippen molar-refractivity contribution in [3.63, 3.8) is 0 Å². The van der Waals surface area contributed by atoms with Crippen molar-refractivity contribution in [1.29, 1.82) is 0 Å². The first-order chi connectivity index (χ1) is 14.4. The minimum absolute atomic E-state index is 0.0504. The molecule has 0 bridgehead atoms. The Morgan fingerprint density at radius 2 is 1.67 bits per heavy atom. The Morgan fingerprint density at radius 3 is 2.40 bits per heavy atom. The van der Waals surface area contributed by atoms with E-state index in [2.05, 4.69) is 9.97 Å². The highest BCUT2D eigenvalue weighted by atomic mass is 19.1. The first kappa shape index (κ1) is 18.1. The van der Waals surface area contributed by atoms with Gasteiger partial charge < -0.3 is 9.67 Å². The van der Waals surface area contributed by atoms with E-state index in [0.717, 1.165) is 5.39 Å². The van der Waals surface area contributed by atoms with E-state index in [4.69, 9.17) is 0 Å². The number of carboxylic acid groups (broad SMARTS) is 1. The number of aromatic carboxylic acids is 1. The summed E-state index contributed by atoms with van der Waals surface area (Å²) >= 11 is 0. The van der Waals surface area contributed by atoms with Crippen molar-refractivity contribution in [3.05, 3.63) is 83.2 Å². The van der Waals surface area contributed by atoms with E-state index in [1.54, 1.807) is 22.8 Å². The Labute approximate surface area is 167 Å². The van der Waals surface area contributed by atoms with Gasteiger partial charge in [-0.15, -0.1) is 0 Å². The molecule has 0 radical (unpaired) electrons. The molecular weight excluding hydrogens is 395 g/mol. The van der Waals surface area contributed by atoms with Gasteiger partial charge in [-0.3, -0.25) is 0 Å². The van der Waals surface area contributed by atoms with Gasteiger partial charge in [-0.25, -0.2) is 27.9 Å². The van der Waals surface area contributed by atoms with Crippen LogP contribution in [0.25, 0.3) is 33.1 Å². The third kappa shape index (κ3) is 2.76. The second kappa shape index (κ2) is 6.55. The second-order valence-electron chi connectivity index (χ2n) is 6.86. The third-order valence-corrected chi connectivity index (χ3v) is 5.02. The van der Waals surface area contributed by atoms with Crippen molar-refractivity contribution in [2.24, 2.45) is 0 Å². The second-order valence-corrected chi connectivity index (χ2v) is 6.86. The van der Waals surface area contributed by atoms with Gasteiger partial charge in [0.05, 0.1) is 28.7 Å². The fourth-order valence-corrected chi connectivity index (χ4v) is 3.61. The lowest BCUT2D eigenvalue weighted by Gasteiger charge is -2.10. The molecule has 0 aliphatic carbocycles. The van der Waals surface area contributed by atoms with E-state index in [1.807, 2.05) is 12.1 Å². The molecule has 0 unspecified atom stereocenters. The summed E-state index contributed by atoms with van der Waals surface area (Å²) in [4.78, 5) is 20.4. The molecule has 5 aromatic rings. The van der Waals surface area contributed by atoms with Crippen LogP contribution in [0.15, 0.2) is 54.6 Å². The summed E-state index contributed by atoms with van der Waals surface area (Å²) in [6.45, 7) is -0.235. The fourth-order valence-electron chi connectivity index (χ4n) is 3.61. The minimum atomic E-state index is -1.10. The maximum absolute atomic E-state index is 14.3. The molecule has 8 heteroatoms. The highest BCUT2D eigenvalue weighted by molar-refractivity contribution is 6.06. The van der Waals surface area contributed by atoms with Crippen LogP contribution in [0.4, 0.5) is 13.2 Å². The highest BCUT2D eigenvalue weighted by Gasteiger charge is 2.19. The molecule has 0 saturated heterocycles. The zero-order valence-electron chi connectivity index (χ0n) is 15.2. The predicted octanol–water partition coefficient (Wildman–Crippen LogP) is 4.90. The molecule has 0 spiro atoms. The van der Waals surface area contributed by atoms with Crippen LogP contribution >= 0.6 is 0 Å². The Bertz CT molecular complexity index is 1470. The lowest BCUT2D eigenvalue weighted by atomic mass is 10.2. The average Bonchev–Trinajstić information content (AvgIpc) is 3.01. The zero-order valence-corrected chi connectivity index (χ0v) is 15.2. The van der Waals surface area contributed by atoms with Gasteiger partial charge in [-0.05, 0) is 24.3 Å². The van der Waals surface area contributed by atoms with Gasteiger partial charge in [0.25, 0.3) is 0 Å². The van der Waals surface area contributed by atoms with Crippen molar-refractivity contribution in [2.75, 3.05) is 0 Å². The molecule has 0 amide bonds. The summed E-state index contributed by atoms with van der Waals surface area (Å²) in [6, 6.07) is 12.8. The third-order valence-electron chi connectivity index (χ3n) is 5.02. The minimum Gasteiger partial charge on any atom is -0.478 e. The highest BCUT2D eigenvalue weighted by Crippen LogP contribution is 2.30. The molecule has 0 saturated carbocycles. The summed E-state index contributed by atoms with van der Waals surface area (Å²) in [5, 5.41) is 9.97. The standard InChI is InChI=1S/C22H12F3N3O2/c23-12-8-15(24)14(16(25)9-12)10-28-19-4-2-1-3-13(19)20-21(28)27-18-7-11(22(29)30)5-6-17(18)26-20/h1-9H,10H2,(H,29,30). The van der Waals surface area contributed by atoms with Crippen LogP contribution in [-0.4, -0.2) is 25.6 Å². The molecular formula is C22H12F3N3O2. The first-order valence-corrected chi connectivity index (χ1v) is 8.98. The Morgan fingerprint density at radius 1 is 0.933 bits per heavy atom. The number of aromatic nitrogens is 3. The number of para-hydroxylation sites is 1. The van der Waals surface area contributed by atoms with Crippen molar-refractivity contribution in [1.82, 2.24) is 14.5 Å². The Kier molecular flexibility index (Phi) is 3.95. The molecule has 30 heavy (non-hydrogen) atoms. The van der Waals surface area contributed by atoms with Crippen LogP contribution < -0.4 is 0 Å². The summed E-state index contributed by atoms with van der Waals surface area (Å²) in [7, 11) is 0. The normalized spacial score (nSPS) is 11.6. The molecule has 148 valence electrons. The van der Waals surface area contributed by atoms with E-state index < -0.39 is 23.4 Å². The SMILES string of the molecule is O=C(O)c1ccc2nc3c4ccccc4n(Cc4c(F)cc(F)cc4F)c3nc2c1. The molecule has 3 aromatic carbocycles.